The van der Waals surface area contributed by atoms with Crippen molar-refractivity contribution >= 4 is 21.6 Å². The summed E-state index contributed by atoms with van der Waals surface area (Å²) in [6.45, 7) is 5.55. The molecule has 0 saturated heterocycles. The fourth-order valence-corrected chi connectivity index (χ4v) is 5.27. The summed E-state index contributed by atoms with van der Waals surface area (Å²) in [7, 11) is 0. The van der Waals surface area contributed by atoms with Gasteiger partial charge in [-0.2, -0.15) is 0 Å². The molecule has 0 fully saturated rings. The van der Waals surface area contributed by atoms with E-state index in [1.54, 1.807) is 22.2 Å². The van der Waals surface area contributed by atoms with E-state index in [9.17, 15) is 13.6 Å². The van der Waals surface area contributed by atoms with Crippen LogP contribution in [0.15, 0.2) is 29.3 Å². The van der Waals surface area contributed by atoms with E-state index in [-0.39, 0.29) is 17.7 Å². The number of benzene rings is 1. The number of thiophene rings is 1. The summed E-state index contributed by atoms with van der Waals surface area (Å²) in [4.78, 5) is 19.5. The number of rotatable bonds is 8. The summed E-state index contributed by atoms with van der Waals surface area (Å²) in [6.07, 6.45) is 5.01. The monoisotopic (exact) mass is 447 g/mol. The van der Waals surface area contributed by atoms with Gasteiger partial charge in [0.1, 0.15) is 16.5 Å². The molecule has 1 N–H and O–H groups in total. The van der Waals surface area contributed by atoms with E-state index in [0.29, 0.717) is 25.3 Å². The molecule has 3 aromatic rings. The average Bonchev–Trinajstić information content (AvgIpc) is 3.10. The van der Waals surface area contributed by atoms with Crippen molar-refractivity contribution in [2.24, 2.45) is 0 Å². The molecule has 0 spiro atoms. The molecule has 0 radical (unpaired) electrons. The topological polar surface area (TPSA) is 56.2 Å². The highest BCUT2D eigenvalue weighted by atomic mass is 32.1. The number of halogens is 2. The molecule has 166 valence electrons. The van der Waals surface area contributed by atoms with Crippen LogP contribution in [0.25, 0.3) is 10.2 Å². The van der Waals surface area contributed by atoms with E-state index in [0.717, 1.165) is 47.5 Å². The maximum atomic E-state index is 13.9. The van der Waals surface area contributed by atoms with Gasteiger partial charge in [-0.3, -0.25) is 9.36 Å². The molecule has 1 unspecified atom stereocenters. The fraction of sp³-hybridized carbons (Fsp3) is 0.478. The Morgan fingerprint density at radius 3 is 2.97 bits per heavy atom. The maximum absolute atomic E-state index is 13.9. The lowest BCUT2D eigenvalue weighted by atomic mass is 9.93. The predicted octanol–water partition coefficient (Wildman–Crippen LogP) is 4.20. The number of aryl methyl sites for hydroxylation is 2. The van der Waals surface area contributed by atoms with Crippen LogP contribution in [0.1, 0.15) is 42.7 Å². The lowest BCUT2D eigenvalue weighted by Gasteiger charge is -2.23. The minimum absolute atomic E-state index is 0.0202. The van der Waals surface area contributed by atoms with Gasteiger partial charge >= 0.3 is 0 Å². The Balaban J connectivity index is 1.45. The van der Waals surface area contributed by atoms with Crippen LogP contribution in [-0.2, 0) is 30.7 Å². The molecule has 2 heterocycles. The van der Waals surface area contributed by atoms with Gasteiger partial charge in [0.15, 0.2) is 0 Å². The van der Waals surface area contributed by atoms with Gasteiger partial charge in [0.05, 0.1) is 17.8 Å². The summed E-state index contributed by atoms with van der Waals surface area (Å²) in [6, 6.07) is 3.84. The molecule has 5 nitrogen and oxygen atoms in total. The van der Waals surface area contributed by atoms with Crippen LogP contribution in [-0.4, -0.2) is 28.3 Å². The minimum Gasteiger partial charge on any atom is -0.379 e. The quantitative estimate of drug-likeness (QED) is 0.526. The van der Waals surface area contributed by atoms with Gasteiger partial charge in [0.2, 0.25) is 0 Å². The SMILES string of the molecule is CC(C)OCCCn1cnc2sc3c(c2c1=O)CCC(NCc1ccc(F)cc1F)C3. The van der Waals surface area contributed by atoms with Gasteiger partial charge in [-0.05, 0) is 51.2 Å². The van der Waals surface area contributed by atoms with Crippen molar-refractivity contribution in [3.8, 4) is 0 Å². The van der Waals surface area contributed by atoms with E-state index >= 15 is 0 Å². The van der Waals surface area contributed by atoms with Crippen LogP contribution in [0.2, 0.25) is 0 Å². The Bertz CT molecular complexity index is 1130. The van der Waals surface area contributed by atoms with Crippen LogP contribution in [0.5, 0.6) is 0 Å². The second-order valence-electron chi connectivity index (χ2n) is 8.26. The molecule has 2 aromatic heterocycles. The molecular weight excluding hydrogens is 420 g/mol. The van der Waals surface area contributed by atoms with E-state index in [1.807, 2.05) is 13.8 Å². The van der Waals surface area contributed by atoms with Crippen LogP contribution in [0.4, 0.5) is 8.78 Å². The summed E-state index contributed by atoms with van der Waals surface area (Å²) >= 11 is 1.57. The Kier molecular flexibility index (Phi) is 6.79. The zero-order valence-corrected chi connectivity index (χ0v) is 18.6. The minimum atomic E-state index is -0.570. The molecule has 1 aliphatic rings. The van der Waals surface area contributed by atoms with E-state index in [2.05, 4.69) is 10.3 Å². The predicted molar refractivity (Wildman–Crippen MR) is 119 cm³/mol. The largest absolute Gasteiger partial charge is 0.379 e. The number of nitrogens with zero attached hydrogens (tertiary/aromatic N) is 2. The van der Waals surface area contributed by atoms with Crippen LogP contribution < -0.4 is 10.9 Å². The Morgan fingerprint density at radius 2 is 2.19 bits per heavy atom. The first-order chi connectivity index (χ1) is 14.9. The van der Waals surface area contributed by atoms with Gasteiger partial charge in [-0.1, -0.05) is 6.07 Å². The van der Waals surface area contributed by atoms with Crippen LogP contribution in [0.3, 0.4) is 0 Å². The normalized spacial score (nSPS) is 16.2. The molecular formula is C23H27F2N3O2S. The van der Waals surface area contributed by atoms with Crippen molar-refractivity contribution in [3.63, 3.8) is 0 Å². The molecule has 4 rings (SSSR count). The summed E-state index contributed by atoms with van der Waals surface area (Å²) in [5.41, 5.74) is 1.58. The molecule has 1 aliphatic carbocycles. The summed E-state index contributed by atoms with van der Waals surface area (Å²) in [5, 5.41) is 4.13. The Morgan fingerprint density at radius 1 is 1.35 bits per heavy atom. The summed E-state index contributed by atoms with van der Waals surface area (Å²) < 4.78 is 34.2. The van der Waals surface area contributed by atoms with Gasteiger partial charge < -0.3 is 10.1 Å². The fourth-order valence-electron chi connectivity index (χ4n) is 4.01. The van der Waals surface area contributed by atoms with Crippen molar-refractivity contribution in [1.29, 1.82) is 0 Å². The maximum Gasteiger partial charge on any atom is 0.262 e. The van der Waals surface area contributed by atoms with E-state index in [1.165, 1.54) is 17.0 Å². The number of hydrogen-bond acceptors (Lipinski definition) is 5. The highest BCUT2D eigenvalue weighted by molar-refractivity contribution is 7.18. The van der Waals surface area contributed by atoms with Gasteiger partial charge in [-0.25, -0.2) is 13.8 Å². The van der Waals surface area contributed by atoms with Crippen LogP contribution in [0, 0.1) is 11.6 Å². The molecule has 1 atom stereocenters. The van der Waals surface area contributed by atoms with Crippen molar-refractivity contribution < 1.29 is 13.5 Å². The molecule has 31 heavy (non-hydrogen) atoms. The molecule has 0 amide bonds. The molecule has 1 aromatic carbocycles. The zero-order valence-electron chi connectivity index (χ0n) is 17.8. The molecule has 0 saturated carbocycles. The Hall–Kier alpha value is -2.16. The third kappa shape index (κ3) is 5.02. The molecule has 0 bridgehead atoms. The number of fused-ring (bicyclic) bond motifs is 3. The number of ether oxygens (including phenoxy) is 1. The van der Waals surface area contributed by atoms with Gasteiger partial charge in [-0.15, -0.1) is 11.3 Å². The summed E-state index contributed by atoms with van der Waals surface area (Å²) in [5.74, 6) is -1.10. The smallest absolute Gasteiger partial charge is 0.262 e. The zero-order chi connectivity index (χ0) is 22.0. The van der Waals surface area contributed by atoms with Crippen LogP contribution >= 0.6 is 11.3 Å². The standard InChI is InChI=1S/C23H27F2N3O2S/c1-14(2)30-9-3-8-28-13-27-22-21(23(28)29)18-7-6-17(11-20(18)31-22)26-12-15-4-5-16(24)10-19(15)25/h4-5,10,13-14,17,26H,3,6-9,11-12H2,1-2H3. The average molecular weight is 448 g/mol. The molecule has 0 aliphatic heterocycles. The molecule has 8 heteroatoms. The van der Waals surface area contributed by atoms with Crippen molar-refractivity contribution in [3.05, 3.63) is 62.5 Å². The highest BCUT2D eigenvalue weighted by Crippen LogP contribution is 2.33. The first-order valence-corrected chi connectivity index (χ1v) is 11.5. The Labute approximate surface area is 184 Å². The lowest BCUT2D eigenvalue weighted by molar-refractivity contribution is 0.0747. The van der Waals surface area contributed by atoms with E-state index < -0.39 is 11.6 Å². The first kappa shape index (κ1) is 22.0. The number of aromatic nitrogens is 2. The van der Waals surface area contributed by atoms with Crippen molar-refractivity contribution in [2.75, 3.05) is 6.61 Å². The first-order valence-electron chi connectivity index (χ1n) is 10.7. The second kappa shape index (κ2) is 9.54. The highest BCUT2D eigenvalue weighted by Gasteiger charge is 2.25. The third-order valence-electron chi connectivity index (χ3n) is 5.63. The van der Waals surface area contributed by atoms with Crippen molar-refractivity contribution in [2.45, 2.75) is 64.8 Å². The third-order valence-corrected chi connectivity index (χ3v) is 6.79. The van der Waals surface area contributed by atoms with E-state index in [4.69, 9.17) is 4.74 Å². The van der Waals surface area contributed by atoms with Gasteiger partial charge in [0.25, 0.3) is 5.56 Å². The number of hydrogen-bond donors (Lipinski definition) is 1. The van der Waals surface area contributed by atoms with Crippen molar-refractivity contribution in [1.82, 2.24) is 14.9 Å². The lowest BCUT2D eigenvalue weighted by Crippen LogP contribution is -2.34. The van der Waals surface area contributed by atoms with Gasteiger partial charge in [0, 0.05) is 42.2 Å². The second-order valence-corrected chi connectivity index (χ2v) is 9.34. The number of nitrogens with one attached hydrogen (secondary N) is 1.